The lowest BCUT2D eigenvalue weighted by Gasteiger charge is -2.15. The van der Waals surface area contributed by atoms with Gasteiger partial charge < -0.3 is 0 Å². The molecule has 0 amide bonds. The van der Waals surface area contributed by atoms with E-state index in [1.54, 1.807) is 12.1 Å². The van der Waals surface area contributed by atoms with Crippen molar-refractivity contribution in [1.29, 1.82) is 0 Å². The Balaban J connectivity index is 2.30. The molecule has 0 aliphatic heterocycles. The fraction of sp³-hybridized carbons (Fsp3) is 0.455. The Morgan fingerprint density at radius 1 is 0.750 bits per heavy atom. The maximum absolute atomic E-state index is 13.4. The fourth-order valence-electron chi connectivity index (χ4n) is 1.98. The Labute approximate surface area is 98.8 Å². The molecule has 5 heteroatoms. The van der Waals surface area contributed by atoms with Crippen molar-refractivity contribution in [2.24, 2.45) is 0 Å². The molecule has 0 bridgehead atoms. The first-order valence-corrected chi connectivity index (χ1v) is 5.63. The zero-order chi connectivity index (χ0) is 11.9. The van der Waals surface area contributed by atoms with E-state index in [4.69, 9.17) is 0 Å². The van der Waals surface area contributed by atoms with Gasteiger partial charge in [0.2, 0.25) is 0 Å². The summed E-state index contributed by atoms with van der Waals surface area (Å²) in [6.07, 6.45) is -8.98. The van der Waals surface area contributed by atoms with Gasteiger partial charge in [0.1, 0.15) is 12.3 Å². The average molecular weight is 297 g/mol. The van der Waals surface area contributed by atoms with Crippen LogP contribution in [0.1, 0.15) is 11.5 Å². The van der Waals surface area contributed by atoms with Gasteiger partial charge >= 0.3 is 0 Å². The van der Waals surface area contributed by atoms with Gasteiger partial charge in [0, 0.05) is 4.47 Å². The molecule has 0 spiro atoms. The molecule has 1 fully saturated rings. The summed E-state index contributed by atoms with van der Waals surface area (Å²) in [6, 6.07) is 6.12. The highest BCUT2D eigenvalue weighted by Crippen LogP contribution is 2.42. The summed E-state index contributed by atoms with van der Waals surface area (Å²) in [6.45, 7) is 0. The van der Waals surface area contributed by atoms with Crippen molar-refractivity contribution in [2.45, 2.75) is 30.6 Å². The average Bonchev–Trinajstić information content (AvgIpc) is 2.46. The van der Waals surface area contributed by atoms with Gasteiger partial charge in [0.05, 0.1) is 5.92 Å². The predicted octanol–water partition coefficient (Wildman–Crippen LogP) is 3.90. The Hall–Kier alpha value is -0.580. The molecular weight excluding hydrogens is 288 g/mol. The molecule has 1 aliphatic rings. The maximum Gasteiger partial charge on any atom is 0.166 e. The van der Waals surface area contributed by atoms with Crippen LogP contribution in [-0.2, 0) is 0 Å². The van der Waals surface area contributed by atoms with Gasteiger partial charge in [-0.15, -0.1) is 0 Å². The van der Waals surface area contributed by atoms with Crippen LogP contribution in [0, 0.1) is 0 Å². The van der Waals surface area contributed by atoms with Crippen molar-refractivity contribution < 1.29 is 17.6 Å². The van der Waals surface area contributed by atoms with Crippen LogP contribution in [0.4, 0.5) is 17.6 Å². The minimum Gasteiger partial charge on any atom is -0.243 e. The minimum atomic E-state index is -2.37. The van der Waals surface area contributed by atoms with E-state index in [0.29, 0.717) is 0 Å². The summed E-state index contributed by atoms with van der Waals surface area (Å²) in [5, 5.41) is 0. The van der Waals surface area contributed by atoms with Crippen molar-refractivity contribution in [3.8, 4) is 0 Å². The molecule has 88 valence electrons. The molecule has 16 heavy (non-hydrogen) atoms. The molecule has 0 aromatic heterocycles. The van der Waals surface area contributed by atoms with E-state index >= 15 is 0 Å². The number of benzene rings is 1. The highest BCUT2D eigenvalue weighted by atomic mass is 79.9. The Morgan fingerprint density at radius 3 is 1.62 bits per heavy atom. The zero-order valence-corrected chi connectivity index (χ0v) is 9.67. The van der Waals surface area contributed by atoms with Crippen molar-refractivity contribution >= 4 is 15.9 Å². The van der Waals surface area contributed by atoms with E-state index in [-0.39, 0.29) is 5.56 Å². The van der Waals surface area contributed by atoms with Crippen LogP contribution in [0.5, 0.6) is 0 Å². The molecule has 0 radical (unpaired) electrons. The summed E-state index contributed by atoms with van der Waals surface area (Å²) < 4.78 is 53.5. The van der Waals surface area contributed by atoms with Crippen molar-refractivity contribution in [1.82, 2.24) is 0 Å². The molecule has 1 saturated carbocycles. The van der Waals surface area contributed by atoms with Gasteiger partial charge in [0.15, 0.2) is 12.3 Å². The molecule has 0 N–H and O–H groups in total. The number of halogens is 5. The molecule has 4 unspecified atom stereocenters. The Morgan fingerprint density at radius 2 is 1.19 bits per heavy atom. The summed E-state index contributed by atoms with van der Waals surface area (Å²) in [4.78, 5) is 0. The number of hydrogen-bond acceptors (Lipinski definition) is 0. The molecular formula is C11H9BrF4. The third-order valence-electron chi connectivity index (χ3n) is 2.85. The van der Waals surface area contributed by atoms with Crippen molar-refractivity contribution in [3.63, 3.8) is 0 Å². The molecule has 2 rings (SSSR count). The molecule has 4 atom stereocenters. The van der Waals surface area contributed by atoms with Crippen LogP contribution >= 0.6 is 15.9 Å². The van der Waals surface area contributed by atoms with Crippen molar-refractivity contribution in [2.75, 3.05) is 0 Å². The Bertz CT molecular complexity index is 353. The number of alkyl halides is 4. The highest BCUT2D eigenvalue weighted by molar-refractivity contribution is 9.10. The number of hydrogen-bond donors (Lipinski definition) is 0. The quantitative estimate of drug-likeness (QED) is 0.690. The fourth-order valence-corrected chi connectivity index (χ4v) is 2.24. The summed E-state index contributed by atoms with van der Waals surface area (Å²) in [7, 11) is 0. The predicted molar refractivity (Wildman–Crippen MR) is 56.5 cm³/mol. The summed E-state index contributed by atoms with van der Waals surface area (Å²) in [5.74, 6) is -1.35. The van der Waals surface area contributed by atoms with Crippen LogP contribution in [0.2, 0.25) is 0 Å². The normalized spacial score (nSPS) is 38.9. The second-order valence-electron chi connectivity index (χ2n) is 3.86. The van der Waals surface area contributed by atoms with Crippen LogP contribution in [0.15, 0.2) is 28.7 Å². The van der Waals surface area contributed by atoms with Crippen LogP contribution in [0.25, 0.3) is 0 Å². The van der Waals surface area contributed by atoms with Gasteiger partial charge in [0.25, 0.3) is 0 Å². The second-order valence-corrected chi connectivity index (χ2v) is 4.77. The summed E-state index contributed by atoms with van der Waals surface area (Å²) >= 11 is 3.17. The van der Waals surface area contributed by atoms with E-state index in [2.05, 4.69) is 15.9 Å². The highest BCUT2D eigenvalue weighted by Gasteiger charge is 2.53. The van der Waals surface area contributed by atoms with E-state index < -0.39 is 30.6 Å². The van der Waals surface area contributed by atoms with Gasteiger partial charge in [-0.1, -0.05) is 28.1 Å². The third kappa shape index (κ3) is 1.85. The SMILES string of the molecule is FC1C(F)C(F)C(c2ccc(Br)cc2)C1F. The largest absolute Gasteiger partial charge is 0.243 e. The molecule has 1 aromatic carbocycles. The maximum atomic E-state index is 13.4. The van der Waals surface area contributed by atoms with Gasteiger partial charge in [-0.2, -0.15) is 0 Å². The molecule has 0 heterocycles. The second kappa shape index (κ2) is 4.35. The lowest BCUT2D eigenvalue weighted by Crippen LogP contribution is -2.20. The van der Waals surface area contributed by atoms with Crippen molar-refractivity contribution in [3.05, 3.63) is 34.3 Å². The van der Waals surface area contributed by atoms with Crippen LogP contribution < -0.4 is 0 Å². The van der Waals surface area contributed by atoms with E-state index in [1.807, 2.05) is 0 Å². The molecule has 0 nitrogen and oxygen atoms in total. The van der Waals surface area contributed by atoms with E-state index in [9.17, 15) is 17.6 Å². The van der Waals surface area contributed by atoms with Gasteiger partial charge in [-0.3, -0.25) is 0 Å². The minimum absolute atomic E-state index is 0.283. The van der Waals surface area contributed by atoms with Gasteiger partial charge in [-0.05, 0) is 17.7 Å². The van der Waals surface area contributed by atoms with Gasteiger partial charge in [-0.25, -0.2) is 17.6 Å². The molecule has 1 aliphatic carbocycles. The third-order valence-corrected chi connectivity index (χ3v) is 3.38. The zero-order valence-electron chi connectivity index (χ0n) is 8.09. The lowest BCUT2D eigenvalue weighted by molar-refractivity contribution is 0.111. The Kier molecular flexibility index (Phi) is 3.24. The monoisotopic (exact) mass is 296 g/mol. The van der Waals surface area contributed by atoms with Crippen LogP contribution in [0.3, 0.4) is 0 Å². The first-order valence-electron chi connectivity index (χ1n) is 4.84. The number of rotatable bonds is 1. The summed E-state index contributed by atoms with van der Waals surface area (Å²) in [5.41, 5.74) is 0.283. The van der Waals surface area contributed by atoms with E-state index in [1.165, 1.54) is 12.1 Å². The van der Waals surface area contributed by atoms with Crippen LogP contribution in [-0.4, -0.2) is 24.7 Å². The molecule has 1 aromatic rings. The molecule has 0 saturated heterocycles. The first-order chi connectivity index (χ1) is 7.52. The van der Waals surface area contributed by atoms with E-state index in [0.717, 1.165) is 4.47 Å². The lowest BCUT2D eigenvalue weighted by atomic mass is 9.95. The topological polar surface area (TPSA) is 0 Å². The standard InChI is InChI=1S/C11H9BrF4/c12-6-3-1-5(2-4-6)7-8(13)10(15)11(16)9(7)14/h1-4,7-11H. The smallest absolute Gasteiger partial charge is 0.166 e. The first kappa shape index (κ1) is 11.9.